The first kappa shape index (κ1) is 17.1. The lowest BCUT2D eigenvalue weighted by molar-refractivity contribution is 0.0687. The molecule has 0 bridgehead atoms. The minimum Gasteiger partial charge on any atom is -0.454 e. The summed E-state index contributed by atoms with van der Waals surface area (Å²) < 4.78 is 16.0. The summed E-state index contributed by atoms with van der Waals surface area (Å²) in [6.45, 7) is 2.98. The first-order valence-corrected chi connectivity index (χ1v) is 8.75. The first-order valence-electron chi connectivity index (χ1n) is 8.75. The molecule has 2 aromatic heterocycles. The van der Waals surface area contributed by atoms with Crippen molar-refractivity contribution in [1.82, 2.24) is 15.0 Å². The molecular formula is C20H19N3O4. The second-order valence-corrected chi connectivity index (χ2v) is 6.25. The summed E-state index contributed by atoms with van der Waals surface area (Å²) in [5.74, 6) is 1.42. The molecule has 4 rings (SSSR count). The zero-order chi connectivity index (χ0) is 18.6. The maximum absolute atomic E-state index is 13.0. The topological polar surface area (TPSA) is 77.7 Å². The summed E-state index contributed by atoms with van der Waals surface area (Å²) in [6.07, 6.45) is 4.16. The number of fused-ring (bicyclic) bond motifs is 1. The van der Waals surface area contributed by atoms with Crippen LogP contribution in [0.25, 0.3) is 0 Å². The Balaban J connectivity index is 1.60. The van der Waals surface area contributed by atoms with E-state index in [0.717, 1.165) is 16.8 Å². The second-order valence-electron chi connectivity index (χ2n) is 6.25. The number of aryl methyl sites for hydroxylation is 1. The Kier molecular flexibility index (Phi) is 4.74. The van der Waals surface area contributed by atoms with Gasteiger partial charge in [0.15, 0.2) is 11.5 Å². The number of carbonyl (C=O) groups excluding carboxylic acids is 1. The molecule has 0 aliphatic carbocycles. The first-order chi connectivity index (χ1) is 13.2. The van der Waals surface area contributed by atoms with E-state index < -0.39 is 0 Å². The maximum atomic E-state index is 13.0. The molecule has 1 aromatic carbocycles. The van der Waals surface area contributed by atoms with Crippen LogP contribution in [0, 0.1) is 0 Å². The molecule has 1 amide bonds. The van der Waals surface area contributed by atoms with Crippen molar-refractivity contribution in [2.45, 2.75) is 26.4 Å². The van der Waals surface area contributed by atoms with Crippen LogP contribution >= 0.6 is 0 Å². The highest BCUT2D eigenvalue weighted by Crippen LogP contribution is 2.33. The predicted octanol–water partition coefficient (Wildman–Crippen LogP) is 3.20. The highest BCUT2D eigenvalue weighted by atomic mass is 16.7. The zero-order valence-electron chi connectivity index (χ0n) is 14.9. The Morgan fingerprint density at radius 1 is 1.11 bits per heavy atom. The van der Waals surface area contributed by atoms with Crippen LogP contribution in [0.15, 0.2) is 53.3 Å². The molecule has 1 aliphatic rings. The summed E-state index contributed by atoms with van der Waals surface area (Å²) in [4.78, 5) is 18.9. The number of hydrogen-bond acceptors (Lipinski definition) is 6. The molecule has 0 saturated heterocycles. The van der Waals surface area contributed by atoms with Crippen molar-refractivity contribution in [3.8, 4) is 11.5 Å². The monoisotopic (exact) mass is 365 g/mol. The van der Waals surface area contributed by atoms with E-state index in [9.17, 15) is 4.79 Å². The number of pyridine rings is 1. The molecular weight excluding hydrogens is 346 g/mol. The lowest BCUT2D eigenvalue weighted by Gasteiger charge is -2.21. The Morgan fingerprint density at radius 3 is 2.74 bits per heavy atom. The molecule has 0 saturated carbocycles. The fraction of sp³-hybridized carbons (Fsp3) is 0.250. The third-order valence-corrected chi connectivity index (χ3v) is 4.33. The van der Waals surface area contributed by atoms with E-state index >= 15 is 0 Å². The average Bonchev–Trinajstić information content (AvgIpc) is 3.36. The van der Waals surface area contributed by atoms with Gasteiger partial charge in [0.2, 0.25) is 12.6 Å². The van der Waals surface area contributed by atoms with Crippen molar-refractivity contribution < 1.29 is 18.8 Å². The number of ether oxygens (including phenoxy) is 2. The highest BCUT2D eigenvalue weighted by Gasteiger charge is 2.22. The number of rotatable bonds is 6. The molecule has 7 heteroatoms. The van der Waals surface area contributed by atoms with Crippen LogP contribution in [0.1, 0.15) is 34.3 Å². The van der Waals surface area contributed by atoms with E-state index in [1.165, 1.54) is 0 Å². The molecule has 1 aliphatic heterocycles. The smallest absolute Gasteiger partial charge is 0.293 e. The van der Waals surface area contributed by atoms with Gasteiger partial charge in [-0.1, -0.05) is 24.2 Å². The number of aromatic nitrogens is 2. The van der Waals surface area contributed by atoms with E-state index in [-0.39, 0.29) is 18.5 Å². The summed E-state index contributed by atoms with van der Waals surface area (Å²) >= 11 is 0. The van der Waals surface area contributed by atoms with Gasteiger partial charge >= 0.3 is 0 Å². The minimum atomic E-state index is -0.219. The number of amides is 1. The molecule has 0 N–H and O–H groups in total. The van der Waals surface area contributed by atoms with Gasteiger partial charge in [-0.2, -0.15) is 0 Å². The Hall–Kier alpha value is -3.35. The Bertz CT molecular complexity index is 939. The van der Waals surface area contributed by atoms with Crippen molar-refractivity contribution in [3.05, 3.63) is 71.4 Å². The lowest BCUT2D eigenvalue weighted by atomic mass is 10.1. The van der Waals surface area contributed by atoms with Crippen LogP contribution in [-0.4, -0.2) is 27.7 Å². The normalized spacial score (nSPS) is 12.2. The van der Waals surface area contributed by atoms with Gasteiger partial charge in [0, 0.05) is 31.5 Å². The second kappa shape index (κ2) is 7.49. The molecule has 27 heavy (non-hydrogen) atoms. The molecule has 0 spiro atoms. The van der Waals surface area contributed by atoms with E-state index in [4.69, 9.17) is 14.0 Å². The maximum Gasteiger partial charge on any atom is 0.293 e. The third-order valence-electron chi connectivity index (χ3n) is 4.33. The molecule has 0 unspecified atom stereocenters. The van der Waals surface area contributed by atoms with Crippen LogP contribution in [0.5, 0.6) is 11.5 Å². The van der Waals surface area contributed by atoms with E-state index in [1.807, 2.05) is 37.3 Å². The standard InChI is InChI=1S/C20H19N3O4/c1-2-16-9-19(27-22-16)20(24)23(12-15-4-3-7-21-10-15)11-14-5-6-17-18(8-14)26-13-25-17/h3-10H,2,11-13H2,1H3. The van der Waals surface area contributed by atoms with Gasteiger partial charge in [-0.15, -0.1) is 0 Å². The van der Waals surface area contributed by atoms with Crippen molar-refractivity contribution >= 4 is 5.91 Å². The predicted molar refractivity (Wildman–Crippen MR) is 96.3 cm³/mol. The number of nitrogens with zero attached hydrogens (tertiary/aromatic N) is 3. The van der Waals surface area contributed by atoms with Crippen LogP contribution in [0.4, 0.5) is 0 Å². The largest absolute Gasteiger partial charge is 0.454 e. The van der Waals surface area contributed by atoms with Crippen LogP contribution in [-0.2, 0) is 19.5 Å². The molecule has 3 heterocycles. The van der Waals surface area contributed by atoms with E-state index in [2.05, 4.69) is 10.1 Å². The van der Waals surface area contributed by atoms with Gasteiger partial charge in [0.05, 0.1) is 5.69 Å². The average molecular weight is 365 g/mol. The fourth-order valence-electron chi connectivity index (χ4n) is 2.91. The van der Waals surface area contributed by atoms with Gasteiger partial charge < -0.3 is 18.9 Å². The Morgan fingerprint density at radius 2 is 1.96 bits per heavy atom. The minimum absolute atomic E-state index is 0.217. The summed E-state index contributed by atoms with van der Waals surface area (Å²) in [5, 5.41) is 3.93. The number of carbonyl (C=O) groups is 1. The third kappa shape index (κ3) is 3.76. The lowest BCUT2D eigenvalue weighted by Crippen LogP contribution is -2.30. The van der Waals surface area contributed by atoms with Crippen LogP contribution < -0.4 is 9.47 Å². The molecule has 0 atom stereocenters. The van der Waals surface area contributed by atoms with Gasteiger partial charge in [0.1, 0.15) is 0 Å². The summed E-state index contributed by atoms with van der Waals surface area (Å²) in [5.41, 5.74) is 2.62. The van der Waals surface area contributed by atoms with Crippen LogP contribution in [0.2, 0.25) is 0 Å². The summed E-state index contributed by atoms with van der Waals surface area (Å²) in [7, 11) is 0. The van der Waals surface area contributed by atoms with Gasteiger partial charge in [-0.05, 0) is 35.7 Å². The van der Waals surface area contributed by atoms with Crippen molar-refractivity contribution in [1.29, 1.82) is 0 Å². The molecule has 3 aromatic rings. The van der Waals surface area contributed by atoms with E-state index in [0.29, 0.717) is 31.0 Å². The highest BCUT2D eigenvalue weighted by molar-refractivity contribution is 5.91. The fourth-order valence-corrected chi connectivity index (χ4v) is 2.91. The van der Waals surface area contributed by atoms with Gasteiger partial charge in [0.25, 0.3) is 5.91 Å². The molecule has 0 radical (unpaired) electrons. The molecule has 7 nitrogen and oxygen atoms in total. The molecule has 138 valence electrons. The van der Waals surface area contributed by atoms with Crippen molar-refractivity contribution in [3.63, 3.8) is 0 Å². The Labute approximate surface area is 156 Å². The number of hydrogen-bond donors (Lipinski definition) is 0. The van der Waals surface area contributed by atoms with Crippen molar-refractivity contribution in [2.24, 2.45) is 0 Å². The quantitative estimate of drug-likeness (QED) is 0.668. The zero-order valence-corrected chi connectivity index (χ0v) is 14.9. The van der Waals surface area contributed by atoms with E-state index in [1.54, 1.807) is 23.4 Å². The molecule has 0 fully saturated rings. The summed E-state index contributed by atoms with van der Waals surface area (Å²) in [6, 6.07) is 11.2. The SMILES string of the molecule is CCc1cc(C(=O)N(Cc2cccnc2)Cc2ccc3c(c2)OCO3)on1. The van der Waals surface area contributed by atoms with Crippen molar-refractivity contribution in [2.75, 3.05) is 6.79 Å². The van der Waals surface area contributed by atoms with Gasteiger partial charge in [-0.25, -0.2) is 0 Å². The van der Waals surface area contributed by atoms with Crippen LogP contribution in [0.3, 0.4) is 0 Å². The van der Waals surface area contributed by atoms with Gasteiger partial charge in [-0.3, -0.25) is 9.78 Å². The number of benzene rings is 1.